The van der Waals surface area contributed by atoms with E-state index < -0.39 is 5.60 Å². The Balaban J connectivity index is 1.70. The average Bonchev–Trinajstić information content (AvgIpc) is 3.16. The zero-order chi connectivity index (χ0) is 22.3. The van der Waals surface area contributed by atoms with Gasteiger partial charge < -0.3 is 25.6 Å². The highest BCUT2D eigenvalue weighted by Crippen LogP contribution is 2.32. The summed E-state index contributed by atoms with van der Waals surface area (Å²) in [7, 11) is 1.74. The van der Waals surface area contributed by atoms with Crippen LogP contribution >= 0.6 is 0 Å². The molecule has 1 saturated carbocycles. The second-order valence-electron chi connectivity index (χ2n) is 8.35. The lowest BCUT2D eigenvalue weighted by Crippen LogP contribution is -2.58. The van der Waals surface area contributed by atoms with Gasteiger partial charge in [0.25, 0.3) is 11.5 Å². The number of hydrogen-bond donors (Lipinski definition) is 4. The largest absolute Gasteiger partial charge is 0.388 e. The minimum absolute atomic E-state index is 0.0198. The predicted molar refractivity (Wildman–Crippen MR) is 118 cm³/mol. The van der Waals surface area contributed by atoms with E-state index in [0.29, 0.717) is 29.4 Å². The van der Waals surface area contributed by atoms with Crippen molar-refractivity contribution in [1.82, 2.24) is 24.5 Å². The first kappa shape index (κ1) is 20.9. The van der Waals surface area contributed by atoms with Crippen LogP contribution < -0.4 is 21.5 Å². The second kappa shape index (κ2) is 7.69. The van der Waals surface area contributed by atoms with Crippen molar-refractivity contribution in [2.24, 2.45) is 0 Å². The summed E-state index contributed by atoms with van der Waals surface area (Å²) in [5.41, 5.74) is -0.0603. The number of hydrogen-bond acceptors (Lipinski definition) is 7. The first-order valence-electron chi connectivity index (χ1n) is 10.3. The molecule has 1 aliphatic carbocycles. The molecule has 1 aliphatic rings. The van der Waals surface area contributed by atoms with Gasteiger partial charge in [0.1, 0.15) is 22.9 Å². The standard InChI is InChI=1S/C21H27N7O3/c1-12(2)27-9-5-6-14(20(27)30)24-16-10-17(22-4)28-18(26-16)13(11-23-28)19(29)25-15-7-8-21(15,3)31/h5-6,9-12,15,22,31H,7-8H2,1-4H3,(H,24,26)(H,25,29)/t15-,21-/m1/s1. The van der Waals surface area contributed by atoms with Crippen LogP contribution in [0.2, 0.25) is 0 Å². The molecule has 3 aromatic rings. The van der Waals surface area contributed by atoms with Crippen LogP contribution in [0.1, 0.15) is 50.0 Å². The van der Waals surface area contributed by atoms with Gasteiger partial charge in [0, 0.05) is 25.4 Å². The molecular formula is C21H27N7O3. The highest BCUT2D eigenvalue weighted by atomic mass is 16.3. The van der Waals surface area contributed by atoms with E-state index in [1.807, 2.05) is 13.8 Å². The van der Waals surface area contributed by atoms with E-state index in [1.165, 1.54) is 10.7 Å². The number of aliphatic hydroxyl groups is 1. The van der Waals surface area contributed by atoms with Crippen molar-refractivity contribution < 1.29 is 9.90 Å². The van der Waals surface area contributed by atoms with E-state index in [0.717, 1.165) is 6.42 Å². The van der Waals surface area contributed by atoms with Gasteiger partial charge in [0.05, 0.1) is 17.8 Å². The van der Waals surface area contributed by atoms with Crippen molar-refractivity contribution in [1.29, 1.82) is 0 Å². The first-order valence-corrected chi connectivity index (χ1v) is 10.3. The number of amides is 1. The molecular weight excluding hydrogens is 398 g/mol. The summed E-state index contributed by atoms with van der Waals surface area (Å²) in [6.07, 6.45) is 4.55. The summed E-state index contributed by atoms with van der Waals surface area (Å²) < 4.78 is 3.15. The maximum absolute atomic E-state index is 12.8. The van der Waals surface area contributed by atoms with Gasteiger partial charge >= 0.3 is 0 Å². The van der Waals surface area contributed by atoms with Crippen LogP contribution in [0, 0.1) is 0 Å². The van der Waals surface area contributed by atoms with Gasteiger partial charge in [-0.3, -0.25) is 9.59 Å². The summed E-state index contributed by atoms with van der Waals surface area (Å²) in [4.78, 5) is 30.1. The smallest absolute Gasteiger partial charge is 0.274 e. The number of carbonyl (C=O) groups is 1. The molecule has 3 heterocycles. The van der Waals surface area contributed by atoms with Gasteiger partial charge in [-0.2, -0.15) is 9.61 Å². The number of aromatic nitrogens is 4. The third kappa shape index (κ3) is 3.74. The number of pyridine rings is 1. The van der Waals surface area contributed by atoms with Crippen LogP contribution in [0.5, 0.6) is 0 Å². The van der Waals surface area contributed by atoms with Gasteiger partial charge in [0.2, 0.25) is 0 Å². The molecule has 0 unspecified atom stereocenters. The van der Waals surface area contributed by atoms with Crippen molar-refractivity contribution >= 4 is 28.9 Å². The molecule has 1 fully saturated rings. The Kier molecular flexibility index (Phi) is 5.18. The predicted octanol–water partition coefficient (Wildman–Crippen LogP) is 1.90. The lowest BCUT2D eigenvalue weighted by Gasteiger charge is -2.42. The Bertz CT molecular complexity index is 1200. The number of fused-ring (bicyclic) bond motifs is 1. The monoisotopic (exact) mass is 425 g/mol. The molecule has 2 atom stereocenters. The molecule has 4 N–H and O–H groups in total. The van der Waals surface area contributed by atoms with Gasteiger partial charge in [-0.05, 0) is 45.7 Å². The summed E-state index contributed by atoms with van der Waals surface area (Å²) in [6, 6.07) is 4.91. The molecule has 0 saturated heterocycles. The molecule has 0 radical (unpaired) electrons. The van der Waals surface area contributed by atoms with E-state index in [2.05, 4.69) is 26.0 Å². The zero-order valence-corrected chi connectivity index (χ0v) is 18.0. The molecule has 0 aliphatic heterocycles. The number of anilines is 3. The van der Waals surface area contributed by atoms with E-state index >= 15 is 0 Å². The van der Waals surface area contributed by atoms with Crippen LogP contribution in [-0.2, 0) is 0 Å². The highest BCUT2D eigenvalue weighted by molar-refractivity contribution is 6.00. The number of nitrogens with zero attached hydrogens (tertiary/aromatic N) is 4. The van der Waals surface area contributed by atoms with Gasteiger partial charge in [0.15, 0.2) is 5.65 Å². The number of rotatable bonds is 6. The third-order valence-electron chi connectivity index (χ3n) is 5.76. The van der Waals surface area contributed by atoms with E-state index in [4.69, 9.17) is 0 Å². The molecule has 3 aromatic heterocycles. The normalized spacial score (nSPS) is 20.5. The molecule has 31 heavy (non-hydrogen) atoms. The molecule has 164 valence electrons. The Hall–Kier alpha value is -3.40. The van der Waals surface area contributed by atoms with Crippen LogP contribution in [0.4, 0.5) is 17.3 Å². The molecule has 10 nitrogen and oxygen atoms in total. The molecule has 4 rings (SSSR count). The van der Waals surface area contributed by atoms with Crippen LogP contribution in [-0.4, -0.2) is 48.9 Å². The quantitative estimate of drug-likeness (QED) is 0.475. The SMILES string of the molecule is CNc1cc(Nc2cccn(C(C)C)c2=O)nc2c(C(=O)N[C@@H]3CC[C@@]3(C)O)cnn12. The number of carbonyl (C=O) groups excluding carboxylic acids is 1. The Morgan fingerprint density at radius 1 is 1.39 bits per heavy atom. The lowest BCUT2D eigenvalue weighted by atomic mass is 9.76. The van der Waals surface area contributed by atoms with Crippen molar-refractivity contribution in [2.45, 2.75) is 51.3 Å². The molecule has 10 heteroatoms. The molecule has 0 bridgehead atoms. The molecule has 1 amide bonds. The van der Waals surface area contributed by atoms with Crippen molar-refractivity contribution in [3.05, 3.63) is 46.5 Å². The van der Waals surface area contributed by atoms with Crippen LogP contribution in [0.3, 0.4) is 0 Å². The topological polar surface area (TPSA) is 126 Å². The Morgan fingerprint density at radius 2 is 2.16 bits per heavy atom. The third-order valence-corrected chi connectivity index (χ3v) is 5.76. The van der Waals surface area contributed by atoms with Gasteiger partial charge in [-0.25, -0.2) is 4.98 Å². The zero-order valence-electron chi connectivity index (χ0n) is 18.0. The van der Waals surface area contributed by atoms with Crippen LogP contribution in [0.15, 0.2) is 35.4 Å². The highest BCUT2D eigenvalue weighted by Gasteiger charge is 2.42. The summed E-state index contributed by atoms with van der Waals surface area (Å²) in [6.45, 7) is 5.58. The maximum atomic E-state index is 12.8. The average molecular weight is 425 g/mol. The van der Waals surface area contributed by atoms with Gasteiger partial charge in [-0.1, -0.05) is 0 Å². The first-order chi connectivity index (χ1) is 14.7. The minimum atomic E-state index is -0.904. The van der Waals surface area contributed by atoms with E-state index in [-0.39, 0.29) is 29.1 Å². The summed E-state index contributed by atoms with van der Waals surface area (Å²) in [5.74, 6) is 0.650. The van der Waals surface area contributed by atoms with Crippen molar-refractivity contribution in [3.8, 4) is 0 Å². The molecule has 0 aromatic carbocycles. The number of nitrogens with one attached hydrogen (secondary N) is 3. The molecule has 0 spiro atoms. The second-order valence-corrected chi connectivity index (χ2v) is 8.35. The maximum Gasteiger partial charge on any atom is 0.274 e. The summed E-state index contributed by atoms with van der Waals surface area (Å²) in [5, 5.41) is 23.4. The fraction of sp³-hybridized carbons (Fsp3) is 0.429. The van der Waals surface area contributed by atoms with Crippen LogP contribution in [0.25, 0.3) is 5.65 Å². The van der Waals surface area contributed by atoms with Crippen molar-refractivity contribution in [2.75, 3.05) is 17.7 Å². The Labute approximate surface area is 179 Å². The lowest BCUT2D eigenvalue weighted by molar-refractivity contribution is -0.0486. The van der Waals surface area contributed by atoms with Gasteiger partial charge in [-0.15, -0.1) is 0 Å². The minimum Gasteiger partial charge on any atom is -0.388 e. The fourth-order valence-electron chi connectivity index (χ4n) is 3.69. The fourth-order valence-corrected chi connectivity index (χ4v) is 3.69. The van der Waals surface area contributed by atoms with E-state index in [9.17, 15) is 14.7 Å². The summed E-state index contributed by atoms with van der Waals surface area (Å²) >= 11 is 0. The van der Waals surface area contributed by atoms with Crippen molar-refractivity contribution in [3.63, 3.8) is 0 Å². The van der Waals surface area contributed by atoms with E-state index in [1.54, 1.807) is 42.9 Å². The Morgan fingerprint density at radius 3 is 2.77 bits per heavy atom.